The third-order valence-corrected chi connectivity index (χ3v) is 14.9. The lowest BCUT2D eigenvalue weighted by molar-refractivity contribution is -0.160. The Labute approximate surface area is 300 Å². The number of hydrogen-bond donors (Lipinski definition) is 1. The summed E-state index contributed by atoms with van der Waals surface area (Å²) in [6.07, 6.45) is 10.4. The van der Waals surface area contributed by atoms with Crippen LogP contribution in [0.25, 0.3) is 22.2 Å². The van der Waals surface area contributed by atoms with Gasteiger partial charge in [0.15, 0.2) is 0 Å². The van der Waals surface area contributed by atoms with Gasteiger partial charge in [-0.1, -0.05) is 44.6 Å². The highest BCUT2D eigenvalue weighted by molar-refractivity contribution is 7.90. The van der Waals surface area contributed by atoms with Gasteiger partial charge in [-0.05, 0) is 86.5 Å². The Bertz CT molecular complexity index is 1980. The molecular weight excluding hydrogens is 665 g/mol. The Morgan fingerprint density at radius 2 is 1.63 bits per heavy atom. The highest BCUT2D eigenvalue weighted by Crippen LogP contribution is 2.66. The van der Waals surface area contributed by atoms with E-state index in [2.05, 4.69) is 38.3 Å². The quantitative estimate of drug-likeness (QED) is 0.345. The van der Waals surface area contributed by atoms with Gasteiger partial charge in [-0.15, -0.1) is 0 Å². The molecule has 3 aliphatic carbocycles. The average molecular weight is 715 g/mol. The number of sulfonamides is 1. The van der Waals surface area contributed by atoms with E-state index in [0.717, 1.165) is 85.1 Å². The van der Waals surface area contributed by atoms with Crippen LogP contribution in [0.15, 0.2) is 36.4 Å². The number of hydrogen-bond acceptors (Lipinski definition) is 7. The molecule has 3 aromatic rings. The number of ether oxygens (including phenoxy) is 2. The van der Waals surface area contributed by atoms with Gasteiger partial charge in [-0.2, -0.15) is 0 Å². The molecule has 0 spiro atoms. The van der Waals surface area contributed by atoms with Crippen molar-refractivity contribution < 1.29 is 27.5 Å². The lowest BCUT2D eigenvalue weighted by Crippen LogP contribution is -2.66. The van der Waals surface area contributed by atoms with Crippen LogP contribution in [-0.2, 0) is 26.1 Å². The molecule has 1 N–H and O–H groups in total. The summed E-state index contributed by atoms with van der Waals surface area (Å²) >= 11 is 0. The molecule has 51 heavy (non-hydrogen) atoms. The summed E-state index contributed by atoms with van der Waals surface area (Å²) in [5, 5.41) is 0.559. The molecule has 4 heterocycles. The molecule has 3 saturated carbocycles. The first-order chi connectivity index (χ1) is 24.7. The fourth-order valence-corrected chi connectivity index (χ4v) is 12.0. The van der Waals surface area contributed by atoms with Crippen LogP contribution in [-0.4, -0.2) is 92.4 Å². The summed E-state index contributed by atoms with van der Waals surface area (Å²) in [5.41, 5.74) is 5.32. The van der Waals surface area contributed by atoms with Crippen molar-refractivity contribution in [2.24, 2.45) is 5.41 Å². The molecule has 272 valence electrons. The van der Waals surface area contributed by atoms with Crippen molar-refractivity contribution in [3.8, 4) is 17.0 Å². The molecule has 0 radical (unpaired) electrons. The molecule has 2 saturated heterocycles. The summed E-state index contributed by atoms with van der Waals surface area (Å²) in [6.45, 7) is 3.18. The lowest BCUT2D eigenvalue weighted by Gasteiger charge is -2.50. The monoisotopic (exact) mass is 714 g/mol. The van der Waals surface area contributed by atoms with Gasteiger partial charge in [-0.25, -0.2) is 13.1 Å². The van der Waals surface area contributed by atoms with E-state index in [1.807, 2.05) is 18.2 Å². The molecule has 10 nitrogen and oxygen atoms in total. The topological polar surface area (TPSA) is 110 Å². The van der Waals surface area contributed by atoms with Gasteiger partial charge in [-0.3, -0.25) is 9.59 Å². The second kappa shape index (κ2) is 12.6. The fourth-order valence-electron chi connectivity index (χ4n) is 10.5. The zero-order chi connectivity index (χ0) is 35.1. The van der Waals surface area contributed by atoms with Crippen LogP contribution in [0, 0.1) is 5.41 Å². The van der Waals surface area contributed by atoms with Crippen molar-refractivity contribution in [2.45, 2.75) is 106 Å². The maximum atomic E-state index is 15.2. The van der Waals surface area contributed by atoms with Crippen LogP contribution < -0.4 is 9.46 Å². The molecule has 11 heteroatoms. The predicted molar refractivity (Wildman–Crippen MR) is 196 cm³/mol. The Hall–Kier alpha value is -3.41. The highest BCUT2D eigenvalue weighted by Gasteiger charge is 2.65. The fraction of sp³-hybridized carbons (Fsp3) is 0.600. The SMILES string of the molecule is COc1ccc2c(c1)C1C[C@@]1(C(=O)N1C3COC[C@H]1CN(C)C3)Cn1c-2c(C2CCCCC2)c2ccc(C(=O)NS(=O)(=O)C3CCCCC3)cc21. The number of morpholine rings is 1. The number of likely N-dealkylation sites (N-methyl/N-ethyl adjacent to an activating group) is 1. The molecule has 2 aromatic carbocycles. The van der Waals surface area contributed by atoms with E-state index >= 15 is 4.79 Å². The van der Waals surface area contributed by atoms with Gasteiger partial charge in [0.2, 0.25) is 15.9 Å². The standard InChI is InChI=1S/C40H50N4O6S/c1-42-20-27-22-50-23-28(21-42)44(27)39(46)40-19-34(40)33-18-29(49-2)14-16-31(33)37-36(25-9-5-3-6-10-25)32-15-13-26(17-35(32)43(37)24-40)38(45)41-51(47,48)30-11-7-4-8-12-30/h13-18,25,27-28,30,34H,3-12,19-24H2,1-2H3,(H,41,45)/t27-,28?,34?,40-/m1/s1. The number of benzene rings is 2. The first-order valence-corrected chi connectivity index (χ1v) is 20.7. The van der Waals surface area contributed by atoms with Crippen molar-refractivity contribution in [2.75, 3.05) is 40.5 Å². The number of amides is 2. The van der Waals surface area contributed by atoms with E-state index in [0.29, 0.717) is 44.1 Å². The molecule has 6 aliphatic rings. The molecule has 4 atom stereocenters. The van der Waals surface area contributed by atoms with Gasteiger partial charge in [0, 0.05) is 47.6 Å². The predicted octanol–water partition coefficient (Wildman–Crippen LogP) is 5.79. The maximum absolute atomic E-state index is 15.2. The first-order valence-electron chi connectivity index (χ1n) is 19.2. The Morgan fingerprint density at radius 3 is 2.33 bits per heavy atom. The van der Waals surface area contributed by atoms with Crippen molar-refractivity contribution in [1.82, 2.24) is 19.1 Å². The summed E-state index contributed by atoms with van der Waals surface area (Å²) in [6, 6.07) is 12.1. The Balaban J connectivity index is 1.19. The second-order valence-electron chi connectivity index (χ2n) is 16.3. The minimum absolute atomic E-state index is 0.0127. The molecule has 1 aromatic heterocycles. The number of carbonyl (C=O) groups is 2. The van der Waals surface area contributed by atoms with E-state index < -0.39 is 26.6 Å². The normalized spacial score (nSPS) is 28.4. The zero-order valence-electron chi connectivity index (χ0n) is 29.9. The molecule has 2 unspecified atom stereocenters. The van der Waals surface area contributed by atoms with Crippen LogP contribution in [0.3, 0.4) is 0 Å². The van der Waals surface area contributed by atoms with Crippen LogP contribution in [0.1, 0.15) is 104 Å². The molecule has 2 amide bonds. The number of nitrogens with zero attached hydrogens (tertiary/aromatic N) is 3. The number of piperazine rings is 1. The highest BCUT2D eigenvalue weighted by atomic mass is 32.2. The lowest BCUT2D eigenvalue weighted by atomic mass is 9.81. The van der Waals surface area contributed by atoms with Gasteiger partial charge < -0.3 is 23.8 Å². The molecular formula is C40H50N4O6S. The van der Waals surface area contributed by atoms with Crippen LogP contribution in [0.4, 0.5) is 0 Å². The summed E-state index contributed by atoms with van der Waals surface area (Å²) in [4.78, 5) is 33.4. The van der Waals surface area contributed by atoms with Gasteiger partial charge in [0.1, 0.15) is 5.75 Å². The minimum atomic E-state index is -3.79. The molecule has 2 bridgehead atoms. The zero-order valence-corrected chi connectivity index (χ0v) is 30.7. The van der Waals surface area contributed by atoms with E-state index in [4.69, 9.17) is 9.47 Å². The average Bonchev–Trinajstić information content (AvgIpc) is 3.81. The van der Waals surface area contributed by atoms with E-state index in [1.165, 1.54) is 24.8 Å². The van der Waals surface area contributed by atoms with E-state index in [-0.39, 0.29) is 23.9 Å². The minimum Gasteiger partial charge on any atom is -0.497 e. The summed E-state index contributed by atoms with van der Waals surface area (Å²) in [5.74, 6) is 0.797. The van der Waals surface area contributed by atoms with Crippen molar-refractivity contribution in [1.29, 1.82) is 0 Å². The number of methoxy groups -OCH3 is 1. The molecule has 3 aliphatic heterocycles. The number of nitrogens with one attached hydrogen (secondary N) is 1. The summed E-state index contributed by atoms with van der Waals surface area (Å²) in [7, 11) is 0.0239. The third-order valence-electron chi connectivity index (χ3n) is 13.1. The smallest absolute Gasteiger partial charge is 0.264 e. The van der Waals surface area contributed by atoms with Crippen LogP contribution in [0.5, 0.6) is 5.75 Å². The van der Waals surface area contributed by atoms with Crippen LogP contribution in [0.2, 0.25) is 0 Å². The summed E-state index contributed by atoms with van der Waals surface area (Å²) < 4.78 is 43.2. The largest absolute Gasteiger partial charge is 0.497 e. The number of rotatable bonds is 6. The third kappa shape index (κ3) is 5.52. The Kier molecular flexibility index (Phi) is 8.27. The molecule has 5 fully saturated rings. The first kappa shape index (κ1) is 33.4. The Morgan fingerprint density at radius 1 is 0.922 bits per heavy atom. The van der Waals surface area contributed by atoms with Crippen molar-refractivity contribution in [3.63, 3.8) is 0 Å². The van der Waals surface area contributed by atoms with Gasteiger partial charge >= 0.3 is 0 Å². The number of fused-ring (bicyclic) bond motifs is 9. The number of aromatic nitrogens is 1. The molecule has 9 rings (SSSR count). The van der Waals surface area contributed by atoms with Crippen molar-refractivity contribution in [3.05, 3.63) is 53.1 Å². The maximum Gasteiger partial charge on any atom is 0.264 e. The van der Waals surface area contributed by atoms with Crippen molar-refractivity contribution >= 4 is 32.7 Å². The van der Waals surface area contributed by atoms with E-state index in [1.54, 1.807) is 13.2 Å². The number of carbonyl (C=O) groups excluding carboxylic acids is 2. The van der Waals surface area contributed by atoms with Gasteiger partial charge in [0.05, 0.1) is 48.8 Å². The second-order valence-corrected chi connectivity index (χ2v) is 18.3. The van der Waals surface area contributed by atoms with E-state index in [9.17, 15) is 13.2 Å². The van der Waals surface area contributed by atoms with Crippen LogP contribution >= 0.6 is 0 Å². The van der Waals surface area contributed by atoms with Gasteiger partial charge in [0.25, 0.3) is 5.91 Å².